The number of rotatable bonds is 5. The van der Waals surface area contributed by atoms with Crippen LogP contribution in [0.25, 0.3) is 22.6 Å². The van der Waals surface area contributed by atoms with Crippen LogP contribution in [0.4, 0.5) is 4.39 Å². The van der Waals surface area contributed by atoms with Gasteiger partial charge in [-0.2, -0.15) is 10.2 Å². The molecule has 1 unspecified atom stereocenters. The van der Waals surface area contributed by atoms with E-state index in [0.29, 0.717) is 29.8 Å². The Bertz CT molecular complexity index is 1230. The van der Waals surface area contributed by atoms with Crippen LogP contribution in [0.2, 0.25) is 0 Å². The number of carbonyl (C=O) groups excluding carboxylic acids is 1. The molecule has 1 aliphatic heterocycles. The van der Waals surface area contributed by atoms with Crippen molar-refractivity contribution in [3.05, 3.63) is 72.2 Å². The van der Waals surface area contributed by atoms with Crippen LogP contribution in [-0.2, 0) is 20.0 Å². The third-order valence-electron chi connectivity index (χ3n) is 5.68. The van der Waals surface area contributed by atoms with Gasteiger partial charge in [0.2, 0.25) is 0 Å². The molecule has 1 atom stereocenters. The fourth-order valence-corrected chi connectivity index (χ4v) is 4.10. The lowest BCUT2D eigenvalue weighted by Crippen LogP contribution is -2.23. The molecule has 0 N–H and O–H groups in total. The van der Waals surface area contributed by atoms with Gasteiger partial charge in [0.15, 0.2) is 11.6 Å². The first-order chi connectivity index (χ1) is 15.1. The van der Waals surface area contributed by atoms with Crippen molar-refractivity contribution in [3.8, 4) is 22.6 Å². The van der Waals surface area contributed by atoms with E-state index in [1.54, 1.807) is 24.0 Å². The van der Waals surface area contributed by atoms with Crippen LogP contribution in [0, 0.1) is 11.7 Å². The number of nitrogens with zero attached hydrogens (tertiary/aromatic N) is 6. The van der Waals surface area contributed by atoms with Gasteiger partial charge in [0.1, 0.15) is 17.3 Å². The molecule has 7 nitrogen and oxygen atoms in total. The molecular formula is C23H21FN6O. The van der Waals surface area contributed by atoms with Crippen molar-refractivity contribution in [2.45, 2.75) is 25.8 Å². The number of pyridine rings is 1. The number of hydrogen-bond acceptors (Lipinski definition) is 5. The summed E-state index contributed by atoms with van der Waals surface area (Å²) < 4.78 is 16.8. The number of carbonyl (C=O) groups is 1. The molecule has 0 aliphatic carbocycles. The first-order valence-electron chi connectivity index (χ1n) is 10.2. The number of ketones is 1. The van der Waals surface area contributed by atoms with Crippen LogP contribution in [0.5, 0.6) is 0 Å². The molecule has 3 aromatic heterocycles. The number of hydrogen-bond donors (Lipinski definition) is 0. The molecule has 0 spiro atoms. The molecule has 0 fully saturated rings. The lowest BCUT2D eigenvalue weighted by atomic mass is 9.91. The second-order valence-electron chi connectivity index (χ2n) is 7.82. The average Bonchev–Trinajstić information content (AvgIpc) is 3.38. The molecule has 0 saturated carbocycles. The predicted octanol–water partition coefficient (Wildman–Crippen LogP) is 3.72. The maximum absolute atomic E-state index is 13.2. The van der Waals surface area contributed by atoms with E-state index in [9.17, 15) is 9.18 Å². The highest BCUT2D eigenvalue weighted by molar-refractivity contribution is 6.00. The minimum atomic E-state index is -0.415. The van der Waals surface area contributed by atoms with E-state index in [1.165, 1.54) is 6.07 Å². The molecule has 8 heteroatoms. The topological polar surface area (TPSA) is 78.5 Å². The van der Waals surface area contributed by atoms with Gasteiger partial charge >= 0.3 is 0 Å². The Balaban J connectivity index is 1.34. The minimum absolute atomic E-state index is 0.00220. The van der Waals surface area contributed by atoms with Crippen LogP contribution in [0.3, 0.4) is 0 Å². The zero-order chi connectivity index (χ0) is 21.4. The summed E-state index contributed by atoms with van der Waals surface area (Å²) in [5, 5.41) is 8.87. The fraction of sp³-hybridized carbons (Fsp3) is 0.261. The lowest BCUT2D eigenvalue weighted by Gasteiger charge is -2.21. The van der Waals surface area contributed by atoms with E-state index in [0.717, 1.165) is 36.4 Å². The zero-order valence-corrected chi connectivity index (χ0v) is 17.1. The van der Waals surface area contributed by atoms with Crippen molar-refractivity contribution in [1.82, 2.24) is 29.5 Å². The number of aromatic nitrogens is 6. The average molecular weight is 416 g/mol. The lowest BCUT2D eigenvalue weighted by molar-refractivity contribution is 0.0944. The maximum Gasteiger partial charge on any atom is 0.181 e. The normalized spacial score (nSPS) is 15.6. The molecule has 5 rings (SSSR count). The van der Waals surface area contributed by atoms with Gasteiger partial charge in [-0.05, 0) is 24.5 Å². The number of Topliss-reactive ketones (excluding diaryl/α,β-unsaturated/α-hetero) is 1. The highest BCUT2D eigenvalue weighted by Crippen LogP contribution is 2.28. The standard InChI is InChI=1S/C23H21FN6O/c1-29-22(18(14-26-29)19-8-7-17(24)13-25-19)20(31)11-15-9-10-30-21(12-15)27-23(28-30)16-5-3-2-4-6-16/h2-8,13-15H,9-12H2,1H3. The summed E-state index contributed by atoms with van der Waals surface area (Å²) in [5.74, 6) is 1.40. The van der Waals surface area contributed by atoms with Crippen molar-refractivity contribution < 1.29 is 9.18 Å². The first-order valence-corrected chi connectivity index (χ1v) is 10.2. The molecule has 4 aromatic rings. The monoisotopic (exact) mass is 416 g/mol. The van der Waals surface area contributed by atoms with Crippen LogP contribution in [-0.4, -0.2) is 35.3 Å². The van der Waals surface area contributed by atoms with E-state index in [1.807, 2.05) is 35.0 Å². The number of halogens is 1. The quantitative estimate of drug-likeness (QED) is 0.464. The molecule has 0 amide bonds. The Morgan fingerprint density at radius 2 is 2.00 bits per heavy atom. The second-order valence-corrected chi connectivity index (χ2v) is 7.82. The van der Waals surface area contributed by atoms with Crippen LogP contribution < -0.4 is 0 Å². The van der Waals surface area contributed by atoms with Crippen molar-refractivity contribution in [1.29, 1.82) is 0 Å². The van der Waals surface area contributed by atoms with E-state index >= 15 is 0 Å². The molecule has 31 heavy (non-hydrogen) atoms. The van der Waals surface area contributed by atoms with Crippen molar-refractivity contribution >= 4 is 5.78 Å². The maximum atomic E-state index is 13.2. The van der Waals surface area contributed by atoms with Gasteiger partial charge in [-0.25, -0.2) is 14.1 Å². The SMILES string of the molecule is Cn1ncc(-c2ccc(F)cn2)c1C(=O)CC1CCn2nc(-c3ccccc3)nc2C1. The summed E-state index contributed by atoms with van der Waals surface area (Å²) in [5.41, 5.74) is 2.64. The van der Waals surface area contributed by atoms with E-state index < -0.39 is 5.82 Å². The smallest absolute Gasteiger partial charge is 0.181 e. The number of aryl methyl sites for hydroxylation is 2. The highest BCUT2D eigenvalue weighted by atomic mass is 19.1. The molecule has 156 valence electrons. The van der Waals surface area contributed by atoms with Gasteiger partial charge in [-0.15, -0.1) is 0 Å². The minimum Gasteiger partial charge on any atom is -0.292 e. The summed E-state index contributed by atoms with van der Waals surface area (Å²) in [6.07, 6.45) is 4.71. The first kappa shape index (κ1) is 19.3. The Morgan fingerprint density at radius 1 is 1.16 bits per heavy atom. The van der Waals surface area contributed by atoms with Crippen LogP contribution >= 0.6 is 0 Å². The summed E-state index contributed by atoms with van der Waals surface area (Å²) >= 11 is 0. The van der Waals surface area contributed by atoms with Gasteiger partial charge < -0.3 is 0 Å². The molecule has 1 aliphatic rings. The number of fused-ring (bicyclic) bond motifs is 1. The predicted molar refractivity (Wildman–Crippen MR) is 113 cm³/mol. The molecule has 1 aromatic carbocycles. The number of benzene rings is 1. The highest BCUT2D eigenvalue weighted by Gasteiger charge is 2.27. The Morgan fingerprint density at radius 3 is 2.77 bits per heavy atom. The van der Waals surface area contributed by atoms with Gasteiger partial charge in [0, 0.05) is 37.6 Å². The third-order valence-corrected chi connectivity index (χ3v) is 5.68. The summed E-state index contributed by atoms with van der Waals surface area (Å²) in [4.78, 5) is 22.0. The van der Waals surface area contributed by atoms with Crippen molar-refractivity contribution in [2.75, 3.05) is 0 Å². The van der Waals surface area contributed by atoms with E-state index in [2.05, 4.69) is 15.2 Å². The van der Waals surface area contributed by atoms with Gasteiger partial charge in [0.25, 0.3) is 0 Å². The zero-order valence-electron chi connectivity index (χ0n) is 17.1. The van der Waals surface area contributed by atoms with Gasteiger partial charge in [-0.1, -0.05) is 30.3 Å². The van der Waals surface area contributed by atoms with E-state index in [4.69, 9.17) is 4.98 Å². The Kier molecular flexibility index (Phi) is 4.89. The molecule has 0 saturated heterocycles. The second kappa shape index (κ2) is 7.86. The summed E-state index contributed by atoms with van der Waals surface area (Å²) in [6.45, 7) is 0.741. The molecule has 4 heterocycles. The Hall–Kier alpha value is -3.68. The molecular weight excluding hydrogens is 395 g/mol. The Labute approximate surface area is 178 Å². The van der Waals surface area contributed by atoms with Crippen molar-refractivity contribution in [3.63, 3.8) is 0 Å². The molecule has 0 radical (unpaired) electrons. The van der Waals surface area contributed by atoms with E-state index in [-0.39, 0.29) is 11.7 Å². The fourth-order valence-electron chi connectivity index (χ4n) is 4.10. The van der Waals surface area contributed by atoms with Crippen LogP contribution in [0.1, 0.15) is 29.2 Å². The third kappa shape index (κ3) is 3.76. The summed E-state index contributed by atoms with van der Waals surface area (Å²) in [7, 11) is 1.74. The van der Waals surface area contributed by atoms with Gasteiger partial charge in [-0.3, -0.25) is 14.5 Å². The molecule has 0 bridgehead atoms. The van der Waals surface area contributed by atoms with Gasteiger partial charge in [0.05, 0.1) is 18.1 Å². The summed E-state index contributed by atoms with van der Waals surface area (Å²) in [6, 6.07) is 12.8. The largest absolute Gasteiger partial charge is 0.292 e. The van der Waals surface area contributed by atoms with Crippen molar-refractivity contribution in [2.24, 2.45) is 13.0 Å². The van der Waals surface area contributed by atoms with Crippen LogP contribution in [0.15, 0.2) is 54.9 Å².